The molecule has 1 aromatic rings. The molecule has 8 nitrogen and oxygen atoms in total. The van der Waals surface area contributed by atoms with Crippen molar-refractivity contribution >= 4 is 5.91 Å². The lowest BCUT2D eigenvalue weighted by molar-refractivity contribution is -0.125. The number of H-pyrrole nitrogens is 1. The molecule has 2 heterocycles. The van der Waals surface area contributed by atoms with Crippen LogP contribution in [0.2, 0.25) is 0 Å². The maximum Gasteiger partial charge on any atom is 0.227 e. The minimum atomic E-state index is -0.151. The summed E-state index contributed by atoms with van der Waals surface area (Å²) in [6, 6.07) is 0.0882. The minimum Gasteiger partial charge on any atom is -0.379 e. The molecular formula is C9H16N6O2. The lowest BCUT2D eigenvalue weighted by atomic mass is 10.0. The van der Waals surface area contributed by atoms with Crippen LogP contribution in [-0.4, -0.2) is 52.3 Å². The van der Waals surface area contributed by atoms with E-state index in [2.05, 4.69) is 31.3 Å². The summed E-state index contributed by atoms with van der Waals surface area (Å²) in [6.07, 6.45) is 0. The molecule has 1 aromatic heterocycles. The van der Waals surface area contributed by atoms with Crippen molar-refractivity contribution in [1.29, 1.82) is 0 Å². The molecule has 0 radical (unpaired) electrons. The van der Waals surface area contributed by atoms with E-state index in [0.29, 0.717) is 19.0 Å². The molecule has 0 aromatic carbocycles. The number of nitrogens with zero attached hydrogens (tertiary/aromatic N) is 3. The van der Waals surface area contributed by atoms with Crippen LogP contribution in [0.3, 0.4) is 0 Å². The Balaban J connectivity index is 1.82. The largest absolute Gasteiger partial charge is 0.379 e. The third-order valence-corrected chi connectivity index (χ3v) is 2.69. The molecule has 1 fully saturated rings. The predicted octanol–water partition coefficient (Wildman–Crippen LogP) is -1.56. The van der Waals surface area contributed by atoms with E-state index in [9.17, 15) is 4.79 Å². The molecule has 0 saturated carbocycles. The molecule has 3 N–H and O–H groups in total. The highest BCUT2D eigenvalue weighted by atomic mass is 16.5. The fourth-order valence-electron chi connectivity index (χ4n) is 1.83. The SMILES string of the molecule is CCNC1COCC1C(=O)NCc1nn[nH]n1. The van der Waals surface area contributed by atoms with Gasteiger partial charge in [-0.2, -0.15) is 5.21 Å². The van der Waals surface area contributed by atoms with E-state index in [1.807, 2.05) is 6.92 Å². The summed E-state index contributed by atoms with van der Waals surface area (Å²) in [6.45, 7) is 4.14. The summed E-state index contributed by atoms with van der Waals surface area (Å²) >= 11 is 0. The standard InChI is InChI=1S/C9H16N6O2/c1-2-10-7-5-17-4-6(7)9(16)11-3-8-12-14-15-13-8/h6-7,10H,2-5H2,1H3,(H,11,16)(H,12,13,14,15). The van der Waals surface area contributed by atoms with Crippen LogP contribution in [0.15, 0.2) is 0 Å². The van der Waals surface area contributed by atoms with Gasteiger partial charge in [-0.25, -0.2) is 0 Å². The molecule has 0 bridgehead atoms. The molecule has 8 heteroatoms. The lowest BCUT2D eigenvalue weighted by Crippen LogP contribution is -2.43. The first-order valence-electron chi connectivity index (χ1n) is 5.62. The van der Waals surface area contributed by atoms with Gasteiger partial charge in [-0.3, -0.25) is 4.79 Å². The molecule has 0 spiro atoms. The fourth-order valence-corrected chi connectivity index (χ4v) is 1.83. The van der Waals surface area contributed by atoms with Gasteiger partial charge in [0.15, 0.2) is 5.82 Å². The summed E-state index contributed by atoms with van der Waals surface area (Å²) < 4.78 is 5.31. The van der Waals surface area contributed by atoms with E-state index >= 15 is 0 Å². The molecule has 1 saturated heterocycles. The first-order chi connectivity index (χ1) is 8.31. The van der Waals surface area contributed by atoms with E-state index in [1.54, 1.807) is 0 Å². The molecule has 1 aliphatic heterocycles. The number of carbonyl (C=O) groups is 1. The topological polar surface area (TPSA) is 105 Å². The van der Waals surface area contributed by atoms with Crippen molar-refractivity contribution in [1.82, 2.24) is 31.3 Å². The number of hydrogen-bond donors (Lipinski definition) is 3. The van der Waals surface area contributed by atoms with E-state index < -0.39 is 0 Å². The zero-order valence-corrected chi connectivity index (χ0v) is 9.64. The average Bonchev–Trinajstić information content (AvgIpc) is 2.97. The Hall–Kier alpha value is -1.54. The molecule has 0 aliphatic carbocycles. The van der Waals surface area contributed by atoms with Crippen molar-refractivity contribution in [3.05, 3.63) is 5.82 Å². The van der Waals surface area contributed by atoms with Crippen LogP contribution in [0.5, 0.6) is 0 Å². The number of aromatic nitrogens is 4. The summed E-state index contributed by atoms with van der Waals surface area (Å²) in [5, 5.41) is 19.3. The zero-order chi connectivity index (χ0) is 12.1. The van der Waals surface area contributed by atoms with Gasteiger partial charge < -0.3 is 15.4 Å². The second kappa shape index (κ2) is 5.69. The summed E-state index contributed by atoms with van der Waals surface area (Å²) in [4.78, 5) is 11.9. The van der Waals surface area contributed by atoms with Gasteiger partial charge in [0.1, 0.15) is 0 Å². The van der Waals surface area contributed by atoms with Crippen LogP contribution < -0.4 is 10.6 Å². The van der Waals surface area contributed by atoms with Crippen molar-refractivity contribution < 1.29 is 9.53 Å². The van der Waals surface area contributed by atoms with E-state index in [4.69, 9.17) is 4.74 Å². The number of nitrogens with one attached hydrogen (secondary N) is 3. The Morgan fingerprint density at radius 3 is 3.18 bits per heavy atom. The van der Waals surface area contributed by atoms with Gasteiger partial charge in [0.2, 0.25) is 5.91 Å². The molecule has 2 unspecified atom stereocenters. The van der Waals surface area contributed by atoms with Gasteiger partial charge >= 0.3 is 0 Å². The number of rotatable bonds is 5. The van der Waals surface area contributed by atoms with E-state index in [-0.39, 0.29) is 24.4 Å². The highest BCUT2D eigenvalue weighted by Crippen LogP contribution is 2.13. The number of aromatic amines is 1. The molecule has 17 heavy (non-hydrogen) atoms. The third-order valence-electron chi connectivity index (χ3n) is 2.69. The number of tetrazole rings is 1. The van der Waals surface area contributed by atoms with Crippen molar-refractivity contribution in [3.63, 3.8) is 0 Å². The number of hydrogen-bond acceptors (Lipinski definition) is 6. The Labute approximate surface area is 98.5 Å². The van der Waals surface area contributed by atoms with Crippen molar-refractivity contribution in [2.75, 3.05) is 19.8 Å². The van der Waals surface area contributed by atoms with Crippen LogP contribution in [0.25, 0.3) is 0 Å². The first-order valence-corrected chi connectivity index (χ1v) is 5.62. The highest BCUT2D eigenvalue weighted by Gasteiger charge is 2.33. The highest BCUT2D eigenvalue weighted by molar-refractivity contribution is 5.79. The molecule has 2 atom stereocenters. The molecule has 1 aliphatic rings. The molecule has 94 valence electrons. The smallest absolute Gasteiger partial charge is 0.227 e. The van der Waals surface area contributed by atoms with Gasteiger partial charge in [0, 0.05) is 6.04 Å². The van der Waals surface area contributed by atoms with Gasteiger partial charge in [-0.15, -0.1) is 10.2 Å². The quantitative estimate of drug-likeness (QED) is 0.575. The van der Waals surface area contributed by atoms with Gasteiger partial charge in [0.05, 0.1) is 25.7 Å². The number of carbonyl (C=O) groups excluding carboxylic acids is 1. The number of likely N-dealkylation sites (N-methyl/N-ethyl adjacent to an activating group) is 1. The van der Waals surface area contributed by atoms with Gasteiger partial charge in [-0.05, 0) is 6.54 Å². The second-order valence-electron chi connectivity index (χ2n) is 3.85. The number of amides is 1. The molecular weight excluding hydrogens is 224 g/mol. The average molecular weight is 240 g/mol. The van der Waals surface area contributed by atoms with E-state index in [0.717, 1.165) is 6.54 Å². The number of ether oxygens (including phenoxy) is 1. The monoisotopic (exact) mass is 240 g/mol. The minimum absolute atomic E-state index is 0.0433. The fraction of sp³-hybridized carbons (Fsp3) is 0.778. The molecule has 2 rings (SSSR count). The lowest BCUT2D eigenvalue weighted by Gasteiger charge is -2.17. The predicted molar refractivity (Wildman–Crippen MR) is 57.8 cm³/mol. The summed E-state index contributed by atoms with van der Waals surface area (Å²) in [5.41, 5.74) is 0. The van der Waals surface area contributed by atoms with Gasteiger partial charge in [0.25, 0.3) is 0 Å². The second-order valence-corrected chi connectivity index (χ2v) is 3.85. The van der Waals surface area contributed by atoms with Crippen molar-refractivity contribution in [3.8, 4) is 0 Å². The van der Waals surface area contributed by atoms with Gasteiger partial charge in [-0.1, -0.05) is 12.1 Å². The third kappa shape index (κ3) is 2.98. The Morgan fingerprint density at radius 1 is 1.59 bits per heavy atom. The van der Waals surface area contributed by atoms with E-state index in [1.165, 1.54) is 0 Å². The van der Waals surface area contributed by atoms with Crippen LogP contribution in [0, 0.1) is 5.92 Å². The normalized spacial score (nSPS) is 23.8. The first kappa shape index (κ1) is 11.9. The Bertz CT molecular complexity index is 354. The Morgan fingerprint density at radius 2 is 2.47 bits per heavy atom. The maximum atomic E-state index is 11.9. The molecule has 1 amide bonds. The maximum absolute atomic E-state index is 11.9. The summed E-state index contributed by atoms with van der Waals surface area (Å²) in [7, 11) is 0. The van der Waals surface area contributed by atoms with Crippen LogP contribution in [-0.2, 0) is 16.1 Å². The van der Waals surface area contributed by atoms with Crippen molar-refractivity contribution in [2.24, 2.45) is 5.92 Å². The van der Waals surface area contributed by atoms with Crippen LogP contribution in [0.1, 0.15) is 12.7 Å². The van der Waals surface area contributed by atoms with Crippen molar-refractivity contribution in [2.45, 2.75) is 19.5 Å². The van der Waals surface area contributed by atoms with Crippen LogP contribution in [0.4, 0.5) is 0 Å². The Kier molecular flexibility index (Phi) is 3.99. The van der Waals surface area contributed by atoms with Crippen LogP contribution >= 0.6 is 0 Å². The zero-order valence-electron chi connectivity index (χ0n) is 9.64. The summed E-state index contributed by atoms with van der Waals surface area (Å²) in [5.74, 6) is 0.275.